The topological polar surface area (TPSA) is 81.1 Å². The fourth-order valence-electron chi connectivity index (χ4n) is 1.95. The van der Waals surface area contributed by atoms with Crippen LogP contribution in [0.2, 0.25) is 0 Å². The van der Waals surface area contributed by atoms with E-state index in [1.165, 1.54) is 0 Å². The fourth-order valence-corrected chi connectivity index (χ4v) is 1.95. The fraction of sp³-hybridized carbons (Fsp3) is 0.286. The second-order valence-corrected chi connectivity index (χ2v) is 4.72. The number of rotatable bonds is 5. The summed E-state index contributed by atoms with van der Waals surface area (Å²) in [4.78, 5) is 14.6. The summed E-state index contributed by atoms with van der Waals surface area (Å²) in [6.07, 6.45) is 4.85. The highest BCUT2D eigenvalue weighted by atomic mass is 16.5. The quantitative estimate of drug-likeness (QED) is 0.711. The summed E-state index contributed by atoms with van der Waals surface area (Å²) >= 11 is 0. The summed E-state index contributed by atoms with van der Waals surface area (Å²) in [7, 11) is 1.98. The number of furan rings is 1. The molecule has 7 heteroatoms. The van der Waals surface area contributed by atoms with Crippen LogP contribution in [-0.4, -0.2) is 32.1 Å². The molecule has 3 aromatic rings. The molecule has 7 nitrogen and oxygen atoms in total. The summed E-state index contributed by atoms with van der Waals surface area (Å²) < 4.78 is 10.4. The molecular weight excluding hydrogens is 270 g/mol. The first-order chi connectivity index (χ1) is 10.2. The predicted molar refractivity (Wildman–Crippen MR) is 73.9 cm³/mol. The number of nitrogens with zero attached hydrogens (tertiary/aromatic N) is 5. The van der Waals surface area contributed by atoms with Crippen molar-refractivity contribution >= 4 is 0 Å². The molecule has 0 aliphatic rings. The molecule has 1 atom stereocenters. The van der Waals surface area contributed by atoms with E-state index in [2.05, 4.69) is 31.9 Å². The third-order valence-electron chi connectivity index (χ3n) is 3.28. The molecule has 0 bridgehead atoms. The molecule has 0 spiro atoms. The van der Waals surface area contributed by atoms with Crippen LogP contribution in [-0.2, 0) is 6.54 Å². The van der Waals surface area contributed by atoms with Gasteiger partial charge in [-0.1, -0.05) is 5.16 Å². The molecular formula is C14H15N5O2. The minimum Gasteiger partial charge on any atom is -0.459 e. The predicted octanol–water partition coefficient (Wildman–Crippen LogP) is 2.31. The van der Waals surface area contributed by atoms with E-state index < -0.39 is 0 Å². The lowest BCUT2D eigenvalue weighted by atomic mass is 10.2. The van der Waals surface area contributed by atoms with Crippen LogP contribution in [0.15, 0.2) is 45.9 Å². The number of hydrogen-bond acceptors (Lipinski definition) is 7. The van der Waals surface area contributed by atoms with Crippen molar-refractivity contribution < 1.29 is 8.94 Å². The van der Waals surface area contributed by atoms with Crippen molar-refractivity contribution in [3.63, 3.8) is 0 Å². The van der Waals surface area contributed by atoms with Crippen LogP contribution in [0.4, 0.5) is 0 Å². The molecule has 21 heavy (non-hydrogen) atoms. The summed E-state index contributed by atoms with van der Waals surface area (Å²) in [5, 5.41) is 3.97. The molecule has 0 aliphatic heterocycles. The van der Waals surface area contributed by atoms with E-state index in [1.807, 2.05) is 13.1 Å². The van der Waals surface area contributed by atoms with Gasteiger partial charge in [-0.15, -0.1) is 0 Å². The molecule has 0 saturated heterocycles. The van der Waals surface area contributed by atoms with Crippen LogP contribution >= 0.6 is 0 Å². The molecule has 3 rings (SSSR count). The van der Waals surface area contributed by atoms with Gasteiger partial charge in [0.25, 0.3) is 5.89 Å². The zero-order chi connectivity index (χ0) is 14.7. The van der Waals surface area contributed by atoms with Crippen LogP contribution in [0.1, 0.15) is 24.5 Å². The molecule has 0 aromatic carbocycles. The van der Waals surface area contributed by atoms with Gasteiger partial charge in [0.1, 0.15) is 6.33 Å². The number of hydrogen-bond donors (Lipinski definition) is 0. The lowest BCUT2D eigenvalue weighted by Crippen LogP contribution is -2.23. The Kier molecular flexibility index (Phi) is 3.74. The summed E-state index contributed by atoms with van der Waals surface area (Å²) in [5.74, 6) is 1.56. The average molecular weight is 285 g/mol. The van der Waals surface area contributed by atoms with Crippen molar-refractivity contribution in [1.29, 1.82) is 0 Å². The largest absolute Gasteiger partial charge is 0.459 e. The second kappa shape index (κ2) is 5.84. The summed E-state index contributed by atoms with van der Waals surface area (Å²) in [6, 6.07) is 5.58. The maximum Gasteiger partial charge on any atom is 0.293 e. The van der Waals surface area contributed by atoms with Gasteiger partial charge >= 0.3 is 0 Å². The van der Waals surface area contributed by atoms with Crippen molar-refractivity contribution in [3.8, 4) is 11.7 Å². The van der Waals surface area contributed by atoms with Crippen LogP contribution < -0.4 is 0 Å². The van der Waals surface area contributed by atoms with Gasteiger partial charge in [-0.05, 0) is 32.2 Å². The van der Waals surface area contributed by atoms with Gasteiger partial charge in [-0.3, -0.25) is 4.90 Å². The molecule has 0 amide bonds. The molecule has 0 unspecified atom stereocenters. The second-order valence-electron chi connectivity index (χ2n) is 4.72. The first-order valence-corrected chi connectivity index (χ1v) is 6.56. The van der Waals surface area contributed by atoms with Gasteiger partial charge in [-0.25, -0.2) is 9.97 Å². The van der Waals surface area contributed by atoms with Gasteiger partial charge in [0.15, 0.2) is 11.6 Å². The van der Waals surface area contributed by atoms with E-state index in [-0.39, 0.29) is 6.04 Å². The van der Waals surface area contributed by atoms with Crippen LogP contribution in [0.25, 0.3) is 11.7 Å². The van der Waals surface area contributed by atoms with Crippen molar-refractivity contribution in [2.24, 2.45) is 0 Å². The Morgan fingerprint density at radius 1 is 1.33 bits per heavy atom. The molecule has 0 aliphatic carbocycles. The zero-order valence-corrected chi connectivity index (χ0v) is 11.8. The highest BCUT2D eigenvalue weighted by molar-refractivity contribution is 5.42. The Balaban J connectivity index is 1.69. The molecule has 0 N–H and O–H groups in total. The Morgan fingerprint density at radius 2 is 2.24 bits per heavy atom. The van der Waals surface area contributed by atoms with E-state index in [4.69, 9.17) is 8.94 Å². The maximum atomic E-state index is 5.23. The van der Waals surface area contributed by atoms with E-state index >= 15 is 0 Å². The zero-order valence-electron chi connectivity index (χ0n) is 11.8. The van der Waals surface area contributed by atoms with E-state index in [0.717, 1.165) is 5.69 Å². The molecule has 108 valence electrons. The molecule has 0 fully saturated rings. The lowest BCUT2D eigenvalue weighted by molar-refractivity contribution is 0.238. The Labute approximate surface area is 121 Å². The smallest absolute Gasteiger partial charge is 0.293 e. The Hall–Kier alpha value is -2.54. The standard InChI is InChI=1S/C14H15N5O2/c1-10(11-5-6-15-9-16-11)19(2)8-13-17-14(21-18-13)12-4-3-7-20-12/h3-7,9-10H,8H2,1-2H3/t10-/m1/s1. The monoisotopic (exact) mass is 285 g/mol. The first-order valence-electron chi connectivity index (χ1n) is 6.56. The average Bonchev–Trinajstić information content (AvgIpc) is 3.18. The highest BCUT2D eigenvalue weighted by Gasteiger charge is 2.17. The third kappa shape index (κ3) is 2.97. The van der Waals surface area contributed by atoms with E-state index in [9.17, 15) is 0 Å². The Bertz CT molecular complexity index is 680. The minimum absolute atomic E-state index is 0.124. The maximum absolute atomic E-state index is 5.23. The van der Waals surface area contributed by atoms with Gasteiger partial charge in [-0.2, -0.15) is 4.98 Å². The van der Waals surface area contributed by atoms with Crippen molar-refractivity contribution in [3.05, 3.63) is 48.5 Å². The number of aromatic nitrogens is 4. The highest BCUT2D eigenvalue weighted by Crippen LogP contribution is 2.20. The van der Waals surface area contributed by atoms with Crippen LogP contribution in [0.3, 0.4) is 0 Å². The lowest BCUT2D eigenvalue weighted by Gasteiger charge is -2.22. The van der Waals surface area contributed by atoms with Crippen molar-refractivity contribution in [2.75, 3.05) is 7.05 Å². The van der Waals surface area contributed by atoms with Gasteiger partial charge in [0.2, 0.25) is 0 Å². The summed E-state index contributed by atoms with van der Waals surface area (Å²) in [5.41, 5.74) is 0.947. The molecule has 3 aromatic heterocycles. The molecule has 0 radical (unpaired) electrons. The SMILES string of the molecule is C[C@H](c1ccncn1)N(C)Cc1noc(-c2ccco2)n1. The van der Waals surface area contributed by atoms with Crippen molar-refractivity contribution in [2.45, 2.75) is 19.5 Å². The van der Waals surface area contributed by atoms with E-state index in [1.54, 1.807) is 30.9 Å². The normalized spacial score (nSPS) is 12.7. The summed E-state index contributed by atoms with van der Waals surface area (Å²) in [6.45, 7) is 2.62. The van der Waals surface area contributed by atoms with E-state index in [0.29, 0.717) is 24.0 Å². The van der Waals surface area contributed by atoms with Crippen LogP contribution in [0, 0.1) is 0 Å². The van der Waals surface area contributed by atoms with Gasteiger partial charge in [0, 0.05) is 12.2 Å². The Morgan fingerprint density at radius 3 is 2.95 bits per heavy atom. The molecule has 3 heterocycles. The minimum atomic E-state index is 0.124. The first kappa shape index (κ1) is 13.4. The van der Waals surface area contributed by atoms with Crippen molar-refractivity contribution in [1.82, 2.24) is 25.0 Å². The third-order valence-corrected chi connectivity index (χ3v) is 3.28. The molecule has 0 saturated carbocycles. The van der Waals surface area contributed by atoms with Gasteiger partial charge in [0.05, 0.1) is 18.5 Å². The van der Waals surface area contributed by atoms with Crippen LogP contribution in [0.5, 0.6) is 0 Å². The van der Waals surface area contributed by atoms with Gasteiger partial charge < -0.3 is 8.94 Å².